The van der Waals surface area contributed by atoms with Gasteiger partial charge in [0, 0.05) is 31.7 Å². The predicted molar refractivity (Wildman–Crippen MR) is 104 cm³/mol. The van der Waals surface area contributed by atoms with Crippen LogP contribution in [0.2, 0.25) is 0 Å². The number of piperazine rings is 1. The number of carbonyl (C=O) groups is 2. The number of rotatable bonds is 5. The van der Waals surface area contributed by atoms with Gasteiger partial charge in [-0.3, -0.25) is 9.59 Å². The van der Waals surface area contributed by atoms with Crippen LogP contribution >= 0.6 is 0 Å². The van der Waals surface area contributed by atoms with Gasteiger partial charge in [0.15, 0.2) is 11.6 Å². The molecule has 1 fully saturated rings. The van der Waals surface area contributed by atoms with Gasteiger partial charge in [-0.15, -0.1) is 0 Å². The van der Waals surface area contributed by atoms with Crippen molar-refractivity contribution in [2.24, 2.45) is 5.73 Å². The van der Waals surface area contributed by atoms with Crippen molar-refractivity contribution in [1.82, 2.24) is 9.88 Å². The Morgan fingerprint density at radius 2 is 1.93 bits per heavy atom. The molecular weight excluding hydrogens is 363 g/mol. The van der Waals surface area contributed by atoms with Gasteiger partial charge in [0.25, 0.3) is 5.91 Å². The van der Waals surface area contributed by atoms with E-state index >= 15 is 0 Å². The number of hydrogen-bond acceptors (Lipinski definition) is 5. The zero-order chi connectivity index (χ0) is 20.3. The lowest BCUT2D eigenvalue weighted by Gasteiger charge is -2.35. The van der Waals surface area contributed by atoms with Gasteiger partial charge in [-0.2, -0.15) is 0 Å². The van der Waals surface area contributed by atoms with Crippen LogP contribution in [-0.4, -0.2) is 55.0 Å². The first-order valence-corrected chi connectivity index (χ1v) is 8.75. The van der Waals surface area contributed by atoms with Gasteiger partial charge >= 0.3 is 0 Å². The topological polar surface area (TPSA) is 88.8 Å². The van der Waals surface area contributed by atoms with Gasteiger partial charge in [-0.05, 0) is 36.4 Å². The van der Waals surface area contributed by atoms with E-state index < -0.39 is 11.7 Å². The summed E-state index contributed by atoms with van der Waals surface area (Å²) in [6.07, 6.45) is 1.30. The largest absolute Gasteiger partial charge is 0.494 e. The lowest BCUT2D eigenvalue weighted by Crippen LogP contribution is -2.48. The summed E-state index contributed by atoms with van der Waals surface area (Å²) in [5.41, 5.74) is 6.61. The van der Waals surface area contributed by atoms with Crippen LogP contribution in [0.4, 0.5) is 10.2 Å². The van der Waals surface area contributed by atoms with Crippen molar-refractivity contribution in [1.29, 1.82) is 0 Å². The van der Waals surface area contributed by atoms with Gasteiger partial charge in [0.2, 0.25) is 5.91 Å². The molecule has 28 heavy (non-hydrogen) atoms. The molecule has 0 spiro atoms. The molecule has 2 N–H and O–H groups in total. The molecule has 2 heterocycles. The monoisotopic (exact) mass is 384 g/mol. The number of halogens is 1. The maximum Gasteiger partial charge on any atom is 0.250 e. The predicted octanol–water partition coefficient (Wildman–Crippen LogP) is 1.83. The second-order valence-electron chi connectivity index (χ2n) is 6.30. The minimum Gasteiger partial charge on any atom is -0.494 e. The van der Waals surface area contributed by atoms with E-state index in [1.807, 2.05) is 4.90 Å². The van der Waals surface area contributed by atoms with Gasteiger partial charge in [-0.1, -0.05) is 6.58 Å². The molecule has 2 amide bonds. The van der Waals surface area contributed by atoms with Crippen molar-refractivity contribution in [2.45, 2.75) is 0 Å². The first-order valence-electron chi connectivity index (χ1n) is 8.75. The maximum atomic E-state index is 13.8. The van der Waals surface area contributed by atoms with E-state index in [1.165, 1.54) is 31.4 Å². The minimum absolute atomic E-state index is 0.0525. The van der Waals surface area contributed by atoms with E-state index in [-0.39, 0.29) is 17.2 Å². The Bertz CT molecular complexity index is 924. The van der Waals surface area contributed by atoms with Crippen molar-refractivity contribution >= 4 is 17.6 Å². The number of carbonyl (C=O) groups excluding carboxylic acids is 2. The Morgan fingerprint density at radius 1 is 1.21 bits per heavy atom. The Hall–Kier alpha value is -3.42. The van der Waals surface area contributed by atoms with Gasteiger partial charge in [0.1, 0.15) is 5.82 Å². The maximum absolute atomic E-state index is 13.8. The number of benzene rings is 1. The molecule has 8 heteroatoms. The Morgan fingerprint density at radius 3 is 2.54 bits per heavy atom. The second kappa shape index (κ2) is 8.08. The van der Waals surface area contributed by atoms with Crippen LogP contribution in [0.15, 0.2) is 43.0 Å². The third-order valence-corrected chi connectivity index (χ3v) is 4.66. The number of nitrogens with two attached hydrogens (primary N) is 1. The zero-order valence-corrected chi connectivity index (χ0v) is 15.5. The first kappa shape index (κ1) is 19.3. The summed E-state index contributed by atoms with van der Waals surface area (Å²) >= 11 is 0. The summed E-state index contributed by atoms with van der Waals surface area (Å²) in [6.45, 7) is 5.78. The lowest BCUT2D eigenvalue weighted by atomic mass is 10.0. The summed E-state index contributed by atoms with van der Waals surface area (Å²) in [5, 5.41) is 0. The molecule has 3 rings (SSSR count). The third-order valence-electron chi connectivity index (χ3n) is 4.66. The fourth-order valence-electron chi connectivity index (χ4n) is 3.14. The van der Waals surface area contributed by atoms with Crippen molar-refractivity contribution in [3.05, 3.63) is 54.4 Å². The number of primary amides is 1. The van der Waals surface area contributed by atoms with Crippen LogP contribution in [0.5, 0.6) is 5.75 Å². The molecule has 1 aliphatic heterocycles. The second-order valence-corrected chi connectivity index (χ2v) is 6.30. The molecule has 0 saturated carbocycles. The molecular formula is C20H21FN4O3. The van der Waals surface area contributed by atoms with E-state index in [1.54, 1.807) is 17.0 Å². The van der Waals surface area contributed by atoms with Crippen molar-refractivity contribution in [3.8, 4) is 17.0 Å². The van der Waals surface area contributed by atoms with E-state index in [4.69, 9.17) is 10.5 Å². The van der Waals surface area contributed by atoms with E-state index in [0.29, 0.717) is 43.3 Å². The molecule has 1 aromatic carbocycles. The van der Waals surface area contributed by atoms with Crippen LogP contribution in [0.3, 0.4) is 0 Å². The summed E-state index contributed by atoms with van der Waals surface area (Å²) in [6, 6.07) is 7.59. The molecule has 0 bridgehead atoms. The number of methoxy groups -OCH3 is 1. The smallest absolute Gasteiger partial charge is 0.250 e. The quantitative estimate of drug-likeness (QED) is 0.795. The fraction of sp³-hybridized carbons (Fsp3) is 0.250. The van der Waals surface area contributed by atoms with Crippen molar-refractivity contribution in [2.75, 3.05) is 38.2 Å². The van der Waals surface area contributed by atoms with E-state index in [9.17, 15) is 14.0 Å². The molecule has 1 aromatic heterocycles. The molecule has 0 atom stereocenters. The van der Waals surface area contributed by atoms with Crippen LogP contribution in [-0.2, 0) is 4.79 Å². The van der Waals surface area contributed by atoms with Gasteiger partial charge < -0.3 is 20.3 Å². The van der Waals surface area contributed by atoms with Crippen LogP contribution in [0.1, 0.15) is 10.4 Å². The number of nitrogens with zero attached hydrogens (tertiary/aromatic N) is 3. The highest BCUT2D eigenvalue weighted by atomic mass is 19.1. The molecule has 0 aliphatic carbocycles. The molecule has 0 radical (unpaired) electrons. The summed E-state index contributed by atoms with van der Waals surface area (Å²) in [5.74, 6) is -0.536. The van der Waals surface area contributed by atoms with Gasteiger partial charge in [0.05, 0.1) is 18.4 Å². The van der Waals surface area contributed by atoms with Crippen molar-refractivity contribution < 1.29 is 18.7 Å². The Labute approximate surface area is 162 Å². The summed E-state index contributed by atoms with van der Waals surface area (Å²) in [4.78, 5) is 31.9. The molecule has 146 valence electrons. The van der Waals surface area contributed by atoms with Crippen LogP contribution in [0, 0.1) is 5.82 Å². The molecule has 1 saturated heterocycles. The van der Waals surface area contributed by atoms with Crippen LogP contribution in [0.25, 0.3) is 11.3 Å². The van der Waals surface area contributed by atoms with Gasteiger partial charge in [-0.25, -0.2) is 9.37 Å². The fourth-order valence-corrected chi connectivity index (χ4v) is 3.14. The lowest BCUT2D eigenvalue weighted by molar-refractivity contribution is -0.126. The molecule has 0 unspecified atom stereocenters. The number of ether oxygens (including phenoxy) is 1. The third kappa shape index (κ3) is 3.80. The Balaban J connectivity index is 1.94. The average Bonchev–Trinajstić information content (AvgIpc) is 2.73. The SMILES string of the molecule is C=CC(=O)N1CCN(c2ccc(C(N)=O)c(-c3ccc(F)c(OC)c3)n2)CC1. The standard InChI is InChI=1S/C20H21FN4O3/c1-3-18(26)25-10-8-24(9-11-25)17-7-5-14(20(22)27)19(23-17)13-4-6-15(21)16(12-13)28-2/h3-7,12H,1,8-11H2,2H3,(H2,22,27). The minimum atomic E-state index is -0.626. The normalized spacial score (nSPS) is 13.9. The zero-order valence-electron chi connectivity index (χ0n) is 15.5. The summed E-state index contributed by atoms with van der Waals surface area (Å²) in [7, 11) is 1.37. The highest BCUT2D eigenvalue weighted by Crippen LogP contribution is 2.29. The highest BCUT2D eigenvalue weighted by molar-refractivity contribution is 5.99. The number of hydrogen-bond donors (Lipinski definition) is 1. The highest BCUT2D eigenvalue weighted by Gasteiger charge is 2.22. The van der Waals surface area contributed by atoms with E-state index in [0.717, 1.165) is 0 Å². The number of anilines is 1. The average molecular weight is 384 g/mol. The molecule has 2 aromatic rings. The van der Waals surface area contributed by atoms with E-state index in [2.05, 4.69) is 11.6 Å². The number of aromatic nitrogens is 1. The number of pyridine rings is 1. The molecule has 7 nitrogen and oxygen atoms in total. The summed E-state index contributed by atoms with van der Waals surface area (Å²) < 4.78 is 18.8. The Kier molecular flexibility index (Phi) is 5.58. The van der Waals surface area contributed by atoms with Crippen molar-refractivity contribution in [3.63, 3.8) is 0 Å². The molecule has 1 aliphatic rings. The van der Waals surface area contributed by atoms with Crippen LogP contribution < -0.4 is 15.4 Å². The first-order chi connectivity index (χ1) is 13.4. The number of amides is 2.